The average Bonchev–Trinajstić information content (AvgIpc) is 1.94. The Morgan fingerprint density at radius 1 is 1.70 bits per heavy atom. The molecule has 0 saturated heterocycles. The fourth-order valence-corrected chi connectivity index (χ4v) is 0.580. The summed E-state index contributed by atoms with van der Waals surface area (Å²) in [7, 11) is 0. The van der Waals surface area contributed by atoms with Crippen LogP contribution in [0.4, 0.5) is 4.39 Å². The first kappa shape index (κ1) is 6.97. The van der Waals surface area contributed by atoms with Gasteiger partial charge in [0.25, 0.3) is 0 Å². The third-order valence-electron chi connectivity index (χ3n) is 0.851. The van der Waals surface area contributed by atoms with Gasteiger partial charge in [-0.15, -0.1) is 6.42 Å². The molecule has 0 bridgehead atoms. The molecule has 0 fully saturated rings. The van der Waals surface area contributed by atoms with Gasteiger partial charge in [0.05, 0.1) is 6.20 Å². The lowest BCUT2D eigenvalue weighted by molar-refractivity contribution is 0.609. The van der Waals surface area contributed by atoms with Crippen molar-refractivity contribution in [2.24, 2.45) is 0 Å². The average molecular weight is 157 g/mol. The molecule has 4 heteroatoms. The standard InChI is InChI=1S/C6H2ClFN2/c1-2-5-4(8)3-9-6(7)10-5/h1,3H. The summed E-state index contributed by atoms with van der Waals surface area (Å²) in [6.07, 6.45) is 5.82. The van der Waals surface area contributed by atoms with Gasteiger partial charge in [0.1, 0.15) is 0 Å². The lowest BCUT2D eigenvalue weighted by Crippen LogP contribution is -1.91. The maximum absolute atomic E-state index is 12.4. The molecule has 0 atom stereocenters. The van der Waals surface area contributed by atoms with Crippen LogP contribution >= 0.6 is 11.6 Å². The predicted molar refractivity (Wildman–Crippen MR) is 34.9 cm³/mol. The molecule has 1 aromatic rings. The van der Waals surface area contributed by atoms with Gasteiger partial charge in [-0.05, 0) is 17.5 Å². The predicted octanol–water partition coefficient (Wildman–Crippen LogP) is 1.25. The zero-order chi connectivity index (χ0) is 7.56. The van der Waals surface area contributed by atoms with Crippen LogP contribution in [-0.4, -0.2) is 9.97 Å². The topological polar surface area (TPSA) is 25.8 Å². The van der Waals surface area contributed by atoms with Crippen molar-refractivity contribution in [2.75, 3.05) is 0 Å². The molecule has 0 aromatic carbocycles. The van der Waals surface area contributed by atoms with Gasteiger partial charge in [-0.2, -0.15) is 0 Å². The number of hydrogen-bond donors (Lipinski definition) is 0. The molecule has 0 saturated carbocycles. The summed E-state index contributed by atoms with van der Waals surface area (Å²) < 4.78 is 12.4. The maximum atomic E-state index is 12.4. The fourth-order valence-electron chi connectivity index (χ4n) is 0.447. The summed E-state index contributed by atoms with van der Waals surface area (Å²) in [5, 5.41) is -0.0469. The smallest absolute Gasteiger partial charge is 0.223 e. The number of nitrogens with zero attached hydrogens (tertiary/aromatic N) is 2. The first-order valence-electron chi connectivity index (χ1n) is 2.38. The Bertz CT molecular complexity index is 292. The molecule has 0 aliphatic rings. The van der Waals surface area contributed by atoms with Crippen LogP contribution in [0.1, 0.15) is 5.69 Å². The highest BCUT2D eigenvalue weighted by molar-refractivity contribution is 6.28. The summed E-state index contributed by atoms with van der Waals surface area (Å²) in [5.41, 5.74) is -0.111. The second-order valence-electron chi connectivity index (χ2n) is 1.48. The van der Waals surface area contributed by atoms with E-state index < -0.39 is 5.82 Å². The van der Waals surface area contributed by atoms with E-state index in [0.29, 0.717) is 0 Å². The van der Waals surface area contributed by atoms with Crippen molar-refractivity contribution < 1.29 is 4.39 Å². The Labute approximate surface area is 62.1 Å². The fraction of sp³-hybridized carbons (Fsp3) is 0. The van der Waals surface area contributed by atoms with Crippen LogP contribution in [0.15, 0.2) is 6.20 Å². The molecule has 0 aliphatic carbocycles. The zero-order valence-electron chi connectivity index (χ0n) is 4.81. The van der Waals surface area contributed by atoms with Gasteiger partial charge < -0.3 is 0 Å². The highest BCUT2D eigenvalue weighted by Gasteiger charge is 2.00. The summed E-state index contributed by atoms with van der Waals surface area (Å²) in [4.78, 5) is 6.81. The van der Waals surface area contributed by atoms with E-state index >= 15 is 0 Å². The monoisotopic (exact) mass is 156 g/mol. The molecule has 0 radical (unpaired) electrons. The van der Waals surface area contributed by atoms with Gasteiger partial charge in [-0.25, -0.2) is 14.4 Å². The highest BCUT2D eigenvalue weighted by atomic mass is 35.5. The molecule has 0 amide bonds. The van der Waals surface area contributed by atoms with Gasteiger partial charge in [-0.3, -0.25) is 0 Å². The number of halogens is 2. The molecular weight excluding hydrogens is 155 g/mol. The van der Waals surface area contributed by atoms with Crippen LogP contribution in [0.25, 0.3) is 0 Å². The summed E-state index contributed by atoms with van der Waals surface area (Å²) in [6, 6.07) is 0. The minimum absolute atomic E-state index is 0.0469. The van der Waals surface area contributed by atoms with Crippen LogP contribution in [-0.2, 0) is 0 Å². The molecule has 1 aromatic heterocycles. The summed E-state index contributed by atoms with van der Waals surface area (Å²) in [5.74, 6) is 1.39. The van der Waals surface area contributed by atoms with Crippen LogP contribution < -0.4 is 0 Å². The van der Waals surface area contributed by atoms with Crippen molar-refractivity contribution in [3.05, 3.63) is 23.0 Å². The van der Waals surface area contributed by atoms with Gasteiger partial charge in [0.15, 0.2) is 11.5 Å². The Morgan fingerprint density at radius 3 is 2.90 bits per heavy atom. The normalized spacial score (nSPS) is 8.90. The molecule has 50 valence electrons. The van der Waals surface area contributed by atoms with Gasteiger partial charge in [-0.1, -0.05) is 0 Å². The van der Waals surface area contributed by atoms with Gasteiger partial charge in [0.2, 0.25) is 5.28 Å². The van der Waals surface area contributed by atoms with Crippen molar-refractivity contribution in [2.45, 2.75) is 0 Å². The molecule has 0 unspecified atom stereocenters. The first-order chi connectivity index (χ1) is 4.74. The van der Waals surface area contributed by atoms with Crippen LogP contribution in [0.2, 0.25) is 5.28 Å². The van der Waals surface area contributed by atoms with Crippen LogP contribution in [0, 0.1) is 18.2 Å². The lowest BCUT2D eigenvalue weighted by Gasteiger charge is -1.91. The van der Waals surface area contributed by atoms with Crippen molar-refractivity contribution in [3.63, 3.8) is 0 Å². The van der Waals surface area contributed by atoms with E-state index in [0.717, 1.165) is 6.20 Å². The Balaban J connectivity index is 3.25. The quantitative estimate of drug-likeness (QED) is 0.417. The number of aromatic nitrogens is 2. The molecular formula is C6H2ClFN2. The van der Waals surface area contributed by atoms with Crippen molar-refractivity contribution in [1.82, 2.24) is 9.97 Å². The Kier molecular flexibility index (Phi) is 1.83. The molecule has 2 nitrogen and oxygen atoms in total. The largest absolute Gasteiger partial charge is 0.223 e. The van der Waals surface area contributed by atoms with Gasteiger partial charge >= 0.3 is 0 Å². The lowest BCUT2D eigenvalue weighted by atomic mass is 10.4. The Morgan fingerprint density at radius 2 is 2.40 bits per heavy atom. The molecule has 10 heavy (non-hydrogen) atoms. The van der Waals surface area contributed by atoms with E-state index in [1.54, 1.807) is 0 Å². The number of terminal acetylenes is 1. The zero-order valence-corrected chi connectivity index (χ0v) is 5.56. The van der Waals surface area contributed by atoms with Crippen LogP contribution in [0.3, 0.4) is 0 Å². The second-order valence-corrected chi connectivity index (χ2v) is 1.82. The Hall–Kier alpha value is -1.14. The summed E-state index contributed by atoms with van der Waals surface area (Å²) in [6.45, 7) is 0. The van der Waals surface area contributed by atoms with E-state index in [-0.39, 0.29) is 11.0 Å². The van der Waals surface area contributed by atoms with Crippen molar-refractivity contribution >= 4 is 11.6 Å². The first-order valence-corrected chi connectivity index (χ1v) is 2.76. The van der Waals surface area contributed by atoms with E-state index in [9.17, 15) is 4.39 Å². The van der Waals surface area contributed by atoms with Crippen molar-refractivity contribution in [3.8, 4) is 12.3 Å². The molecule has 0 N–H and O–H groups in total. The van der Waals surface area contributed by atoms with Crippen molar-refractivity contribution in [1.29, 1.82) is 0 Å². The molecule has 1 heterocycles. The number of rotatable bonds is 0. The molecule has 0 aliphatic heterocycles. The summed E-state index contributed by atoms with van der Waals surface area (Å²) >= 11 is 5.31. The third kappa shape index (κ3) is 1.23. The van der Waals surface area contributed by atoms with E-state index in [1.165, 1.54) is 0 Å². The SMILES string of the molecule is C#Cc1nc(Cl)ncc1F. The molecule has 0 spiro atoms. The second kappa shape index (κ2) is 2.63. The van der Waals surface area contributed by atoms with E-state index in [1.807, 2.05) is 5.92 Å². The van der Waals surface area contributed by atoms with E-state index in [2.05, 4.69) is 9.97 Å². The highest BCUT2D eigenvalue weighted by Crippen LogP contribution is 2.04. The van der Waals surface area contributed by atoms with Crippen LogP contribution in [0.5, 0.6) is 0 Å². The minimum atomic E-state index is -0.632. The minimum Gasteiger partial charge on any atom is -0.223 e. The molecule has 1 rings (SSSR count). The number of hydrogen-bond acceptors (Lipinski definition) is 2. The van der Waals surface area contributed by atoms with E-state index in [4.69, 9.17) is 18.0 Å². The third-order valence-corrected chi connectivity index (χ3v) is 1.03. The maximum Gasteiger partial charge on any atom is 0.223 e. The van der Waals surface area contributed by atoms with Gasteiger partial charge in [0, 0.05) is 0 Å².